The molecular weight excluding hydrogens is 380 g/mol. The molecule has 1 aliphatic rings. The first-order valence-corrected chi connectivity index (χ1v) is 7.60. The summed E-state index contributed by atoms with van der Waals surface area (Å²) in [5, 5.41) is 0. The minimum Gasteiger partial charge on any atom is -0.299 e. The molecule has 0 atom stereocenters. The lowest BCUT2D eigenvalue weighted by molar-refractivity contribution is -0.137. The van der Waals surface area contributed by atoms with Crippen LogP contribution < -0.4 is 0 Å². The van der Waals surface area contributed by atoms with Gasteiger partial charge in [0.2, 0.25) is 0 Å². The zero-order valence-corrected chi connectivity index (χ0v) is 13.5. The highest BCUT2D eigenvalue weighted by atomic mass is 127. The van der Waals surface area contributed by atoms with Crippen molar-refractivity contribution in [3.05, 3.63) is 35.4 Å². The van der Waals surface area contributed by atoms with Gasteiger partial charge < -0.3 is 0 Å². The SMILES string of the molecule is CN(Cc1cccc(C(F)(F)F)c1)C1CCN(I)CC1. The van der Waals surface area contributed by atoms with Gasteiger partial charge in [-0.15, -0.1) is 0 Å². The summed E-state index contributed by atoms with van der Waals surface area (Å²) in [5.41, 5.74) is 0.157. The van der Waals surface area contributed by atoms with Gasteiger partial charge in [-0.2, -0.15) is 13.2 Å². The Balaban J connectivity index is 1.99. The molecule has 1 heterocycles. The van der Waals surface area contributed by atoms with E-state index in [9.17, 15) is 13.2 Å². The average molecular weight is 398 g/mol. The Labute approximate surface area is 131 Å². The van der Waals surface area contributed by atoms with Gasteiger partial charge in [0, 0.05) is 48.5 Å². The molecule has 1 saturated heterocycles. The predicted octanol–water partition coefficient (Wildman–Crippen LogP) is 3.95. The van der Waals surface area contributed by atoms with Gasteiger partial charge >= 0.3 is 6.18 Å². The van der Waals surface area contributed by atoms with E-state index in [0.717, 1.165) is 37.6 Å². The van der Waals surface area contributed by atoms with E-state index in [1.807, 2.05) is 7.05 Å². The van der Waals surface area contributed by atoms with Gasteiger partial charge in [-0.05, 0) is 31.5 Å². The van der Waals surface area contributed by atoms with Crippen LogP contribution in [0.3, 0.4) is 0 Å². The quantitative estimate of drug-likeness (QED) is 0.562. The van der Waals surface area contributed by atoms with Crippen molar-refractivity contribution in [1.82, 2.24) is 8.01 Å². The van der Waals surface area contributed by atoms with Gasteiger partial charge in [-0.1, -0.05) is 18.2 Å². The Kier molecular flexibility index (Phi) is 5.30. The van der Waals surface area contributed by atoms with Crippen LogP contribution in [0.15, 0.2) is 24.3 Å². The van der Waals surface area contributed by atoms with Crippen LogP contribution in [0.25, 0.3) is 0 Å². The molecule has 0 N–H and O–H groups in total. The van der Waals surface area contributed by atoms with Crippen LogP contribution in [-0.4, -0.2) is 34.2 Å². The van der Waals surface area contributed by atoms with Crippen molar-refractivity contribution in [2.24, 2.45) is 0 Å². The maximum Gasteiger partial charge on any atom is 0.416 e. The normalized spacial score (nSPS) is 18.7. The van der Waals surface area contributed by atoms with Crippen molar-refractivity contribution in [1.29, 1.82) is 0 Å². The number of piperidine rings is 1. The fraction of sp³-hybridized carbons (Fsp3) is 0.571. The summed E-state index contributed by atoms with van der Waals surface area (Å²) < 4.78 is 40.3. The summed E-state index contributed by atoms with van der Waals surface area (Å²) >= 11 is 2.32. The van der Waals surface area contributed by atoms with E-state index in [0.29, 0.717) is 12.6 Å². The number of nitrogens with zero attached hydrogens (tertiary/aromatic N) is 2. The van der Waals surface area contributed by atoms with E-state index in [4.69, 9.17) is 0 Å². The lowest BCUT2D eigenvalue weighted by atomic mass is 10.0. The second-order valence-corrected chi connectivity index (χ2v) is 6.62. The molecule has 1 aromatic rings. The second kappa shape index (κ2) is 6.62. The van der Waals surface area contributed by atoms with Crippen LogP contribution in [0.5, 0.6) is 0 Å². The van der Waals surface area contributed by atoms with E-state index < -0.39 is 11.7 Å². The molecular formula is C14H18F3IN2. The first-order chi connectivity index (χ1) is 9.36. The summed E-state index contributed by atoms with van der Waals surface area (Å²) in [6, 6.07) is 6.08. The summed E-state index contributed by atoms with van der Waals surface area (Å²) in [7, 11) is 1.99. The Morgan fingerprint density at radius 1 is 1.30 bits per heavy atom. The molecule has 2 rings (SSSR count). The third-order valence-corrected chi connectivity index (χ3v) is 4.68. The smallest absolute Gasteiger partial charge is 0.299 e. The Morgan fingerprint density at radius 2 is 1.95 bits per heavy atom. The maximum absolute atomic E-state index is 12.7. The third-order valence-electron chi connectivity index (χ3n) is 3.72. The minimum atomic E-state index is -4.26. The van der Waals surface area contributed by atoms with Crippen LogP contribution in [0.4, 0.5) is 13.2 Å². The summed E-state index contributed by atoms with van der Waals surface area (Å²) in [5.74, 6) is 0. The summed E-state index contributed by atoms with van der Waals surface area (Å²) in [6.45, 7) is 2.64. The van der Waals surface area contributed by atoms with Gasteiger partial charge in [-0.25, -0.2) is 3.11 Å². The van der Waals surface area contributed by atoms with E-state index in [2.05, 4.69) is 30.9 Å². The molecule has 1 aromatic carbocycles. The fourth-order valence-electron chi connectivity index (χ4n) is 2.54. The molecule has 0 radical (unpaired) electrons. The molecule has 2 nitrogen and oxygen atoms in total. The van der Waals surface area contributed by atoms with Crippen molar-refractivity contribution in [3.63, 3.8) is 0 Å². The molecule has 1 fully saturated rings. The topological polar surface area (TPSA) is 6.48 Å². The first kappa shape index (κ1) is 16.0. The number of alkyl halides is 3. The maximum atomic E-state index is 12.7. The molecule has 0 aromatic heterocycles. The third kappa shape index (κ3) is 4.33. The van der Waals surface area contributed by atoms with Gasteiger partial charge in [0.05, 0.1) is 5.56 Å². The predicted molar refractivity (Wildman–Crippen MR) is 81.5 cm³/mol. The van der Waals surface area contributed by atoms with Crippen molar-refractivity contribution >= 4 is 22.9 Å². The van der Waals surface area contributed by atoms with E-state index in [1.165, 1.54) is 12.1 Å². The number of hydrogen-bond acceptors (Lipinski definition) is 2. The highest BCUT2D eigenvalue weighted by molar-refractivity contribution is 14.1. The van der Waals surface area contributed by atoms with E-state index >= 15 is 0 Å². The van der Waals surface area contributed by atoms with Crippen LogP contribution >= 0.6 is 22.9 Å². The highest BCUT2D eigenvalue weighted by Gasteiger charge is 2.30. The van der Waals surface area contributed by atoms with Crippen molar-refractivity contribution < 1.29 is 13.2 Å². The molecule has 0 aliphatic carbocycles. The standard InChI is InChI=1S/C14H18F3IN2/c1-19(13-5-7-20(18)8-6-13)10-11-3-2-4-12(9-11)14(15,16)17/h2-4,9,13H,5-8,10H2,1H3. The monoisotopic (exact) mass is 398 g/mol. The van der Waals surface area contributed by atoms with E-state index in [-0.39, 0.29) is 0 Å². The average Bonchev–Trinajstić information content (AvgIpc) is 2.38. The minimum absolute atomic E-state index is 0.454. The molecule has 0 saturated carbocycles. The van der Waals surface area contributed by atoms with Gasteiger partial charge in [0.1, 0.15) is 0 Å². The largest absolute Gasteiger partial charge is 0.416 e. The van der Waals surface area contributed by atoms with Gasteiger partial charge in [0.15, 0.2) is 0 Å². The number of rotatable bonds is 3. The molecule has 20 heavy (non-hydrogen) atoms. The van der Waals surface area contributed by atoms with Crippen LogP contribution in [0.1, 0.15) is 24.0 Å². The van der Waals surface area contributed by atoms with Crippen LogP contribution in [-0.2, 0) is 12.7 Å². The Bertz CT molecular complexity index is 442. The van der Waals surface area contributed by atoms with E-state index in [1.54, 1.807) is 6.07 Å². The molecule has 0 spiro atoms. The Hall–Kier alpha value is -0.340. The number of hydrogen-bond donors (Lipinski definition) is 0. The van der Waals surface area contributed by atoms with Crippen molar-refractivity contribution in [3.8, 4) is 0 Å². The van der Waals surface area contributed by atoms with Gasteiger partial charge in [0.25, 0.3) is 0 Å². The molecule has 0 bridgehead atoms. The number of benzene rings is 1. The molecule has 1 aliphatic heterocycles. The lowest BCUT2D eigenvalue weighted by Gasteiger charge is -2.34. The van der Waals surface area contributed by atoms with Crippen LogP contribution in [0.2, 0.25) is 0 Å². The van der Waals surface area contributed by atoms with Gasteiger partial charge in [-0.3, -0.25) is 4.90 Å². The summed E-state index contributed by atoms with van der Waals surface area (Å²) in [4.78, 5) is 2.17. The van der Waals surface area contributed by atoms with Crippen LogP contribution in [0, 0.1) is 0 Å². The first-order valence-electron chi connectivity index (χ1n) is 6.63. The zero-order chi connectivity index (χ0) is 14.8. The molecule has 112 valence electrons. The highest BCUT2D eigenvalue weighted by Crippen LogP contribution is 2.30. The molecule has 6 heteroatoms. The molecule has 0 amide bonds. The number of halogens is 4. The van der Waals surface area contributed by atoms with Crippen molar-refractivity contribution in [2.45, 2.75) is 31.6 Å². The Morgan fingerprint density at radius 3 is 2.55 bits per heavy atom. The second-order valence-electron chi connectivity index (χ2n) is 5.25. The summed E-state index contributed by atoms with van der Waals surface area (Å²) in [6.07, 6.45) is -2.13. The fourth-order valence-corrected chi connectivity index (χ4v) is 3.10. The molecule has 0 unspecified atom stereocenters. The lowest BCUT2D eigenvalue weighted by Crippen LogP contribution is -2.39. The zero-order valence-electron chi connectivity index (χ0n) is 11.3. The van der Waals surface area contributed by atoms with Crippen molar-refractivity contribution in [2.75, 3.05) is 20.1 Å².